The minimum atomic E-state index is -1.01. The Morgan fingerprint density at radius 3 is 1.97 bits per heavy atom. The molecule has 0 bridgehead atoms. The molecule has 0 spiro atoms. The van der Waals surface area contributed by atoms with Gasteiger partial charge in [0.2, 0.25) is 0 Å². The second kappa shape index (κ2) is 17.2. The van der Waals surface area contributed by atoms with Crippen LogP contribution in [0.5, 0.6) is 0 Å². The highest BCUT2D eigenvalue weighted by Crippen LogP contribution is 2.18. The molecule has 4 nitrogen and oxygen atoms in total. The van der Waals surface area contributed by atoms with E-state index in [2.05, 4.69) is 27.7 Å². The fourth-order valence-electron chi connectivity index (χ4n) is 3.55. The van der Waals surface area contributed by atoms with Crippen molar-refractivity contribution in [2.45, 2.75) is 105 Å². The molecule has 1 rings (SSSR count). The lowest BCUT2D eigenvalue weighted by Crippen LogP contribution is -2.09. The number of benzene rings is 1. The number of carbonyl (C=O) groups is 1. The molecule has 0 heterocycles. The van der Waals surface area contributed by atoms with E-state index in [0.717, 1.165) is 37.5 Å². The Labute approximate surface area is 190 Å². The number of ether oxygens (including phenoxy) is 2. The number of hydrogen-bond donors (Lipinski definition) is 1. The first-order valence-electron chi connectivity index (χ1n) is 12.5. The van der Waals surface area contributed by atoms with Crippen LogP contribution in [0.2, 0.25) is 0 Å². The number of unbranched alkanes of at least 4 members (excludes halogenated alkanes) is 7. The minimum Gasteiger partial charge on any atom is -0.462 e. The minimum absolute atomic E-state index is 0.334. The van der Waals surface area contributed by atoms with E-state index in [4.69, 9.17) is 9.47 Å². The van der Waals surface area contributed by atoms with Crippen molar-refractivity contribution in [3.8, 4) is 0 Å². The van der Waals surface area contributed by atoms with Gasteiger partial charge in [-0.15, -0.1) is 0 Å². The monoisotopic (exact) mass is 434 g/mol. The van der Waals surface area contributed by atoms with E-state index in [1.807, 2.05) is 0 Å². The molecule has 1 atom stereocenters. The van der Waals surface area contributed by atoms with Gasteiger partial charge in [0.05, 0.1) is 18.8 Å². The van der Waals surface area contributed by atoms with Crippen molar-refractivity contribution in [3.63, 3.8) is 0 Å². The highest BCUT2D eigenvalue weighted by Gasteiger charge is 2.12. The van der Waals surface area contributed by atoms with Crippen molar-refractivity contribution in [2.24, 2.45) is 11.8 Å². The second-order valence-electron chi connectivity index (χ2n) is 9.53. The summed E-state index contributed by atoms with van der Waals surface area (Å²) in [6.07, 6.45) is 11.8. The van der Waals surface area contributed by atoms with Crippen molar-refractivity contribution in [3.05, 3.63) is 35.4 Å². The predicted molar refractivity (Wildman–Crippen MR) is 128 cm³/mol. The molecule has 0 fully saturated rings. The maximum Gasteiger partial charge on any atom is 0.338 e. The Balaban J connectivity index is 2.21. The van der Waals surface area contributed by atoms with Gasteiger partial charge in [-0.05, 0) is 36.8 Å². The molecule has 0 aliphatic carbocycles. The van der Waals surface area contributed by atoms with Crippen molar-refractivity contribution >= 4 is 5.97 Å². The van der Waals surface area contributed by atoms with Gasteiger partial charge in [-0.1, -0.05) is 97.6 Å². The van der Waals surface area contributed by atoms with E-state index in [1.165, 1.54) is 44.9 Å². The molecule has 0 amide bonds. The van der Waals surface area contributed by atoms with E-state index in [-0.39, 0.29) is 5.97 Å². The highest BCUT2D eigenvalue weighted by atomic mass is 16.6. The van der Waals surface area contributed by atoms with Crippen molar-refractivity contribution in [1.29, 1.82) is 0 Å². The third-order valence-corrected chi connectivity index (χ3v) is 5.52. The standard InChI is InChI=1S/C27H46O4/c1-22(2)15-10-6-5-8-12-19-30-26(28)24-17-14-18-25(21-24)27(29)31-20-13-9-7-11-16-23(3)4/h14,17-18,21-23,27,29H,5-13,15-16,19-20H2,1-4H3. The molecular formula is C27H46O4. The lowest BCUT2D eigenvalue weighted by Gasteiger charge is -2.13. The number of aliphatic hydroxyl groups is 1. The van der Waals surface area contributed by atoms with Gasteiger partial charge < -0.3 is 14.6 Å². The lowest BCUT2D eigenvalue weighted by atomic mass is 10.0. The SMILES string of the molecule is CC(C)CCCCCCCOC(=O)c1cccc(C(O)OCCCCCCC(C)C)c1. The number of rotatable bonds is 18. The zero-order chi connectivity index (χ0) is 22.9. The third-order valence-electron chi connectivity index (χ3n) is 5.52. The zero-order valence-electron chi connectivity index (χ0n) is 20.4. The van der Waals surface area contributed by atoms with Crippen LogP contribution in [0.1, 0.15) is 121 Å². The first-order valence-corrected chi connectivity index (χ1v) is 12.5. The fraction of sp³-hybridized carbons (Fsp3) is 0.741. The van der Waals surface area contributed by atoms with Crippen LogP contribution >= 0.6 is 0 Å². The van der Waals surface area contributed by atoms with Gasteiger partial charge in [0, 0.05) is 5.56 Å². The summed E-state index contributed by atoms with van der Waals surface area (Å²) in [5, 5.41) is 10.3. The predicted octanol–water partition coefficient (Wildman–Crippen LogP) is 7.45. The largest absolute Gasteiger partial charge is 0.462 e. The number of esters is 1. The Hall–Kier alpha value is -1.39. The van der Waals surface area contributed by atoms with Crippen molar-refractivity contribution in [2.75, 3.05) is 13.2 Å². The molecule has 4 heteroatoms. The number of carbonyl (C=O) groups excluding carboxylic acids is 1. The molecule has 1 aromatic rings. The van der Waals surface area contributed by atoms with Crippen LogP contribution in [0.4, 0.5) is 0 Å². The van der Waals surface area contributed by atoms with E-state index in [9.17, 15) is 9.90 Å². The van der Waals surface area contributed by atoms with Gasteiger partial charge in [-0.3, -0.25) is 0 Å². The lowest BCUT2D eigenvalue weighted by molar-refractivity contribution is -0.103. The Kier molecular flexibility index (Phi) is 15.3. The summed E-state index contributed by atoms with van der Waals surface area (Å²) in [6, 6.07) is 6.93. The molecule has 1 N–H and O–H groups in total. The van der Waals surface area contributed by atoms with Crippen LogP contribution < -0.4 is 0 Å². The van der Waals surface area contributed by atoms with Crippen molar-refractivity contribution in [1.82, 2.24) is 0 Å². The van der Waals surface area contributed by atoms with E-state index < -0.39 is 6.29 Å². The van der Waals surface area contributed by atoms with Gasteiger partial charge in [0.1, 0.15) is 0 Å². The Morgan fingerprint density at radius 1 is 0.806 bits per heavy atom. The van der Waals surface area contributed by atoms with Gasteiger partial charge >= 0.3 is 5.97 Å². The first-order chi connectivity index (χ1) is 14.9. The van der Waals surface area contributed by atoms with Crippen LogP contribution in [0, 0.1) is 11.8 Å². The maximum absolute atomic E-state index is 12.3. The van der Waals surface area contributed by atoms with Gasteiger partial charge in [0.25, 0.3) is 0 Å². The van der Waals surface area contributed by atoms with Crippen LogP contribution in [-0.2, 0) is 9.47 Å². The summed E-state index contributed by atoms with van der Waals surface area (Å²) in [5.74, 6) is 1.20. The average molecular weight is 435 g/mol. The molecule has 0 radical (unpaired) electrons. The van der Waals surface area contributed by atoms with Gasteiger partial charge in [-0.25, -0.2) is 4.79 Å². The van der Waals surface area contributed by atoms with Crippen LogP contribution in [0.25, 0.3) is 0 Å². The van der Waals surface area contributed by atoms with Gasteiger partial charge in [0.15, 0.2) is 6.29 Å². The molecule has 1 aromatic carbocycles. The van der Waals surface area contributed by atoms with Crippen molar-refractivity contribution < 1.29 is 19.4 Å². The maximum atomic E-state index is 12.3. The summed E-state index contributed by atoms with van der Waals surface area (Å²) < 4.78 is 11.0. The zero-order valence-corrected chi connectivity index (χ0v) is 20.4. The van der Waals surface area contributed by atoms with Crippen LogP contribution in [-0.4, -0.2) is 24.3 Å². The molecule has 178 valence electrons. The van der Waals surface area contributed by atoms with Crippen LogP contribution in [0.3, 0.4) is 0 Å². The van der Waals surface area contributed by atoms with E-state index in [0.29, 0.717) is 24.3 Å². The smallest absolute Gasteiger partial charge is 0.338 e. The van der Waals surface area contributed by atoms with E-state index >= 15 is 0 Å². The normalized spacial score (nSPS) is 12.5. The second-order valence-corrected chi connectivity index (χ2v) is 9.53. The number of hydrogen-bond acceptors (Lipinski definition) is 4. The Morgan fingerprint density at radius 2 is 1.35 bits per heavy atom. The highest BCUT2D eigenvalue weighted by molar-refractivity contribution is 5.89. The fourth-order valence-corrected chi connectivity index (χ4v) is 3.55. The molecule has 0 saturated heterocycles. The summed E-state index contributed by atoms with van der Waals surface area (Å²) in [5.41, 5.74) is 1.06. The van der Waals surface area contributed by atoms with Crippen LogP contribution in [0.15, 0.2) is 24.3 Å². The summed E-state index contributed by atoms with van der Waals surface area (Å²) in [7, 11) is 0. The number of aliphatic hydroxyl groups excluding tert-OH is 1. The average Bonchev–Trinajstić information content (AvgIpc) is 2.74. The third kappa shape index (κ3) is 14.3. The summed E-state index contributed by atoms with van der Waals surface area (Å²) >= 11 is 0. The quantitative estimate of drug-likeness (QED) is 0.148. The molecular weight excluding hydrogens is 388 g/mol. The molecule has 0 aliphatic heterocycles. The molecule has 0 aromatic heterocycles. The topological polar surface area (TPSA) is 55.8 Å². The molecule has 31 heavy (non-hydrogen) atoms. The van der Waals surface area contributed by atoms with E-state index in [1.54, 1.807) is 24.3 Å². The molecule has 0 aliphatic rings. The first kappa shape index (κ1) is 27.6. The summed E-state index contributed by atoms with van der Waals surface area (Å²) in [6.45, 7) is 9.99. The molecule has 1 unspecified atom stereocenters. The molecule has 0 saturated carbocycles. The van der Waals surface area contributed by atoms with Gasteiger partial charge in [-0.2, -0.15) is 0 Å². The summed E-state index contributed by atoms with van der Waals surface area (Å²) in [4.78, 5) is 12.3. The Bertz CT molecular complexity index is 582.